The van der Waals surface area contributed by atoms with Crippen LogP contribution in [0.4, 0.5) is 5.88 Å². The summed E-state index contributed by atoms with van der Waals surface area (Å²) in [7, 11) is 0. The summed E-state index contributed by atoms with van der Waals surface area (Å²) in [5.41, 5.74) is 0.555. The van der Waals surface area contributed by atoms with Gasteiger partial charge in [-0.25, -0.2) is 0 Å². The molecule has 0 radical (unpaired) electrons. The smallest absolute Gasteiger partial charge is 0.204 e. The van der Waals surface area contributed by atoms with Gasteiger partial charge in [0.05, 0.1) is 24.3 Å². The Kier molecular flexibility index (Phi) is 5.59. The highest BCUT2D eigenvalue weighted by Crippen LogP contribution is 2.30. The van der Waals surface area contributed by atoms with Crippen LogP contribution in [0.2, 0.25) is 0 Å². The normalized spacial score (nSPS) is 11.2. The van der Waals surface area contributed by atoms with Gasteiger partial charge in [0.2, 0.25) is 5.43 Å². The fraction of sp³-hybridized carbons (Fsp3) is 0.462. The SMILES string of the molecule is CCN(CCOCCO)c1cc(=O)c2scc(Br)c2o1. The fourth-order valence-electron chi connectivity index (χ4n) is 1.82. The van der Waals surface area contributed by atoms with Crippen LogP contribution >= 0.6 is 27.3 Å². The average molecular weight is 362 g/mol. The van der Waals surface area contributed by atoms with Crippen LogP contribution in [0.3, 0.4) is 0 Å². The highest BCUT2D eigenvalue weighted by molar-refractivity contribution is 9.10. The van der Waals surface area contributed by atoms with Gasteiger partial charge in [-0.2, -0.15) is 0 Å². The topological polar surface area (TPSA) is 62.9 Å². The van der Waals surface area contributed by atoms with E-state index in [0.29, 0.717) is 42.5 Å². The van der Waals surface area contributed by atoms with Gasteiger partial charge in [0, 0.05) is 24.5 Å². The molecular formula is C13H16BrNO4S. The minimum Gasteiger partial charge on any atom is -0.438 e. The molecule has 0 aliphatic carbocycles. The van der Waals surface area contributed by atoms with E-state index >= 15 is 0 Å². The molecule has 0 aliphatic heterocycles. The summed E-state index contributed by atoms with van der Waals surface area (Å²) in [4.78, 5) is 14.0. The number of fused-ring (bicyclic) bond motifs is 1. The van der Waals surface area contributed by atoms with Crippen LogP contribution in [0.25, 0.3) is 10.3 Å². The van der Waals surface area contributed by atoms with Gasteiger partial charge < -0.3 is 19.2 Å². The molecule has 2 heterocycles. The first kappa shape index (κ1) is 15.5. The zero-order valence-corrected chi connectivity index (χ0v) is 13.5. The molecular weight excluding hydrogens is 346 g/mol. The predicted octanol–water partition coefficient (Wildman–Crippen LogP) is 2.45. The van der Waals surface area contributed by atoms with Crippen LogP contribution in [0.15, 0.2) is 25.1 Å². The number of likely N-dealkylation sites (N-methyl/N-ethyl adjacent to an activating group) is 1. The molecule has 0 amide bonds. The van der Waals surface area contributed by atoms with Crippen LogP contribution in [0, 0.1) is 0 Å². The third-order valence-electron chi connectivity index (χ3n) is 2.82. The number of hydrogen-bond acceptors (Lipinski definition) is 6. The molecule has 0 aliphatic rings. The molecule has 0 saturated heterocycles. The lowest BCUT2D eigenvalue weighted by Crippen LogP contribution is -2.28. The Morgan fingerprint density at radius 1 is 1.50 bits per heavy atom. The first-order valence-electron chi connectivity index (χ1n) is 6.31. The van der Waals surface area contributed by atoms with E-state index in [9.17, 15) is 4.79 Å². The number of nitrogens with zero attached hydrogens (tertiary/aromatic N) is 1. The number of rotatable bonds is 7. The molecule has 7 heteroatoms. The standard InChI is InChI=1S/C13H16BrNO4S/c1-2-15(3-5-18-6-4-16)11-7-10(17)13-12(19-11)9(14)8-20-13/h7-8,16H,2-6H2,1H3. The summed E-state index contributed by atoms with van der Waals surface area (Å²) in [5.74, 6) is 0.539. The first-order valence-corrected chi connectivity index (χ1v) is 7.99. The fourth-order valence-corrected chi connectivity index (χ4v) is 3.28. The van der Waals surface area contributed by atoms with Crippen molar-refractivity contribution in [2.75, 3.05) is 37.8 Å². The Balaban J connectivity index is 2.21. The molecule has 0 unspecified atom stereocenters. The predicted molar refractivity (Wildman–Crippen MR) is 83.9 cm³/mol. The quantitative estimate of drug-likeness (QED) is 0.767. The highest BCUT2D eigenvalue weighted by atomic mass is 79.9. The maximum absolute atomic E-state index is 12.0. The van der Waals surface area contributed by atoms with Crippen molar-refractivity contribution in [1.82, 2.24) is 0 Å². The molecule has 0 aromatic carbocycles. The van der Waals surface area contributed by atoms with Gasteiger partial charge in [-0.15, -0.1) is 11.3 Å². The number of anilines is 1. The van der Waals surface area contributed by atoms with Gasteiger partial charge in [-0.05, 0) is 22.9 Å². The molecule has 110 valence electrons. The monoisotopic (exact) mass is 361 g/mol. The van der Waals surface area contributed by atoms with Crippen molar-refractivity contribution >= 4 is 43.4 Å². The van der Waals surface area contributed by atoms with Crippen molar-refractivity contribution in [3.05, 3.63) is 26.1 Å². The number of aliphatic hydroxyl groups is 1. The van der Waals surface area contributed by atoms with E-state index in [-0.39, 0.29) is 12.0 Å². The molecule has 0 saturated carbocycles. The van der Waals surface area contributed by atoms with Crippen LogP contribution < -0.4 is 10.3 Å². The molecule has 2 rings (SSSR count). The Labute approximate surface area is 128 Å². The maximum atomic E-state index is 12.0. The number of halogens is 1. The lowest BCUT2D eigenvalue weighted by Gasteiger charge is -2.21. The van der Waals surface area contributed by atoms with Crippen molar-refractivity contribution < 1.29 is 14.3 Å². The summed E-state index contributed by atoms with van der Waals surface area (Å²) >= 11 is 4.76. The second kappa shape index (κ2) is 7.21. The Morgan fingerprint density at radius 3 is 3.00 bits per heavy atom. The van der Waals surface area contributed by atoms with Crippen molar-refractivity contribution in [1.29, 1.82) is 0 Å². The van der Waals surface area contributed by atoms with E-state index in [2.05, 4.69) is 15.9 Å². The summed E-state index contributed by atoms with van der Waals surface area (Å²) in [6, 6.07) is 1.51. The Morgan fingerprint density at radius 2 is 2.30 bits per heavy atom. The zero-order chi connectivity index (χ0) is 14.5. The van der Waals surface area contributed by atoms with E-state index in [1.807, 2.05) is 17.2 Å². The Hall–Kier alpha value is -0.890. The lowest BCUT2D eigenvalue weighted by molar-refractivity contribution is 0.0964. The summed E-state index contributed by atoms with van der Waals surface area (Å²) in [6.45, 7) is 4.09. The minimum atomic E-state index is -0.0355. The van der Waals surface area contributed by atoms with Gasteiger partial charge in [0.15, 0.2) is 11.5 Å². The molecule has 2 aromatic heterocycles. The van der Waals surface area contributed by atoms with Gasteiger partial charge in [0.25, 0.3) is 0 Å². The van der Waals surface area contributed by atoms with Gasteiger partial charge in [-0.3, -0.25) is 4.79 Å². The third-order valence-corrected chi connectivity index (χ3v) is 4.69. The van der Waals surface area contributed by atoms with E-state index in [4.69, 9.17) is 14.3 Å². The number of aliphatic hydroxyl groups excluding tert-OH is 1. The van der Waals surface area contributed by atoms with Gasteiger partial charge in [-0.1, -0.05) is 0 Å². The lowest BCUT2D eigenvalue weighted by atomic mass is 10.4. The van der Waals surface area contributed by atoms with Crippen molar-refractivity contribution in [3.8, 4) is 0 Å². The van der Waals surface area contributed by atoms with E-state index in [1.54, 1.807) is 0 Å². The average Bonchev–Trinajstić information content (AvgIpc) is 2.81. The summed E-state index contributed by atoms with van der Waals surface area (Å²) in [6.07, 6.45) is 0. The Bertz CT molecular complexity index is 624. The first-order chi connectivity index (χ1) is 9.67. The zero-order valence-electron chi connectivity index (χ0n) is 11.1. The van der Waals surface area contributed by atoms with Crippen LogP contribution in [0.1, 0.15) is 6.92 Å². The second-order valence-corrected chi connectivity index (χ2v) is 5.84. The molecule has 0 fully saturated rings. The van der Waals surface area contributed by atoms with Gasteiger partial charge >= 0.3 is 0 Å². The van der Waals surface area contributed by atoms with Crippen molar-refractivity contribution in [2.45, 2.75) is 6.92 Å². The molecule has 0 spiro atoms. The van der Waals surface area contributed by atoms with E-state index in [0.717, 1.165) is 4.47 Å². The maximum Gasteiger partial charge on any atom is 0.204 e. The third kappa shape index (κ3) is 3.41. The minimum absolute atomic E-state index is 0.00895. The van der Waals surface area contributed by atoms with E-state index < -0.39 is 0 Å². The molecule has 0 bridgehead atoms. The number of ether oxygens (including phenoxy) is 1. The van der Waals surface area contributed by atoms with Crippen molar-refractivity contribution in [3.63, 3.8) is 0 Å². The van der Waals surface area contributed by atoms with Crippen LogP contribution in [0.5, 0.6) is 0 Å². The highest BCUT2D eigenvalue weighted by Gasteiger charge is 2.13. The molecule has 0 atom stereocenters. The molecule has 20 heavy (non-hydrogen) atoms. The molecule has 1 N–H and O–H groups in total. The van der Waals surface area contributed by atoms with Crippen molar-refractivity contribution in [2.24, 2.45) is 0 Å². The summed E-state index contributed by atoms with van der Waals surface area (Å²) in [5, 5.41) is 10.5. The molecule has 5 nitrogen and oxygen atoms in total. The number of hydrogen-bond donors (Lipinski definition) is 1. The van der Waals surface area contributed by atoms with E-state index in [1.165, 1.54) is 17.4 Å². The number of thiophene rings is 1. The summed E-state index contributed by atoms with van der Waals surface area (Å²) < 4.78 is 12.5. The van der Waals surface area contributed by atoms with Crippen LogP contribution in [-0.4, -0.2) is 38.0 Å². The van der Waals surface area contributed by atoms with Crippen LogP contribution in [-0.2, 0) is 4.74 Å². The van der Waals surface area contributed by atoms with Gasteiger partial charge in [0.1, 0.15) is 4.70 Å². The molecule has 2 aromatic rings. The second-order valence-electron chi connectivity index (χ2n) is 4.11. The largest absolute Gasteiger partial charge is 0.438 e.